The van der Waals surface area contributed by atoms with Crippen LogP contribution in [0.5, 0.6) is 5.75 Å². The summed E-state index contributed by atoms with van der Waals surface area (Å²) in [6.45, 7) is 6.06. The molecule has 0 bridgehead atoms. The fourth-order valence-corrected chi connectivity index (χ4v) is 2.83. The minimum Gasteiger partial charge on any atom is -0.497 e. The van der Waals surface area contributed by atoms with Gasteiger partial charge in [0.15, 0.2) is 5.96 Å². The van der Waals surface area contributed by atoms with Crippen molar-refractivity contribution in [1.82, 2.24) is 15.6 Å². The van der Waals surface area contributed by atoms with Crippen LogP contribution in [-0.2, 0) is 6.42 Å². The van der Waals surface area contributed by atoms with Crippen molar-refractivity contribution in [3.8, 4) is 5.75 Å². The van der Waals surface area contributed by atoms with E-state index in [1.54, 1.807) is 14.2 Å². The molecule has 0 fully saturated rings. The van der Waals surface area contributed by atoms with E-state index in [9.17, 15) is 0 Å². The number of nitrogens with one attached hydrogen (secondary N) is 2. The number of hydrogen-bond acceptors (Lipinski definition) is 3. The van der Waals surface area contributed by atoms with Crippen LogP contribution in [0.15, 0.2) is 47.7 Å². The van der Waals surface area contributed by atoms with Gasteiger partial charge >= 0.3 is 0 Å². The molecule has 0 saturated heterocycles. The molecule has 5 nitrogen and oxygen atoms in total. The van der Waals surface area contributed by atoms with Gasteiger partial charge in [0.05, 0.1) is 7.11 Å². The van der Waals surface area contributed by atoms with Gasteiger partial charge in [0, 0.05) is 32.5 Å². The summed E-state index contributed by atoms with van der Waals surface area (Å²) in [6.07, 6.45) is 5.74. The van der Waals surface area contributed by atoms with E-state index in [0.29, 0.717) is 5.92 Å². The number of ether oxygens (including phenoxy) is 1. The molecule has 1 aromatic heterocycles. The van der Waals surface area contributed by atoms with Gasteiger partial charge in [-0.2, -0.15) is 0 Å². The van der Waals surface area contributed by atoms with E-state index in [0.717, 1.165) is 37.6 Å². The second-order valence-electron chi connectivity index (χ2n) is 6.44. The fraction of sp³-hybridized carbons (Fsp3) is 0.429. The molecule has 6 heteroatoms. The maximum Gasteiger partial charge on any atom is 0.190 e. The molecule has 1 unspecified atom stereocenters. The van der Waals surface area contributed by atoms with Crippen molar-refractivity contribution in [3.63, 3.8) is 0 Å². The number of aromatic nitrogens is 1. The van der Waals surface area contributed by atoms with Crippen LogP contribution in [0.4, 0.5) is 0 Å². The predicted octanol–water partition coefficient (Wildman–Crippen LogP) is 3.92. The van der Waals surface area contributed by atoms with E-state index in [-0.39, 0.29) is 24.0 Å². The standard InChI is InChI=1S/C21H30N4O.HI/c1-16(18-5-7-20(26-4)8-6-18)9-13-24-21(22-3)25-14-11-19-10-12-23-15-17(19)2;/h5-8,10,12,15-16H,9,11,13-14H2,1-4H3,(H2,22,24,25);1H. The van der Waals surface area contributed by atoms with Crippen LogP contribution in [0.25, 0.3) is 0 Å². The van der Waals surface area contributed by atoms with Crippen LogP contribution >= 0.6 is 24.0 Å². The first-order valence-electron chi connectivity index (χ1n) is 9.12. The minimum absolute atomic E-state index is 0. The van der Waals surface area contributed by atoms with Gasteiger partial charge in [-0.25, -0.2) is 0 Å². The van der Waals surface area contributed by atoms with Gasteiger partial charge in [-0.05, 0) is 60.6 Å². The lowest BCUT2D eigenvalue weighted by Gasteiger charge is -2.16. The monoisotopic (exact) mass is 482 g/mol. The number of aryl methyl sites for hydroxylation is 1. The molecule has 1 aromatic carbocycles. The van der Waals surface area contributed by atoms with E-state index in [1.165, 1.54) is 16.7 Å². The van der Waals surface area contributed by atoms with E-state index < -0.39 is 0 Å². The third-order valence-electron chi connectivity index (χ3n) is 4.60. The lowest BCUT2D eigenvalue weighted by molar-refractivity contribution is 0.414. The Kier molecular flexibility index (Phi) is 10.8. The van der Waals surface area contributed by atoms with Gasteiger partial charge in [-0.1, -0.05) is 19.1 Å². The molecular formula is C21H31IN4O. The van der Waals surface area contributed by atoms with Crippen LogP contribution in [0, 0.1) is 6.92 Å². The smallest absolute Gasteiger partial charge is 0.190 e. The molecule has 148 valence electrons. The molecule has 2 rings (SSSR count). The number of hydrogen-bond donors (Lipinski definition) is 2. The minimum atomic E-state index is 0. The molecule has 27 heavy (non-hydrogen) atoms. The Morgan fingerprint density at radius 2 is 1.85 bits per heavy atom. The van der Waals surface area contributed by atoms with Crippen LogP contribution in [0.2, 0.25) is 0 Å². The van der Waals surface area contributed by atoms with Crippen molar-refractivity contribution < 1.29 is 4.74 Å². The number of pyridine rings is 1. The maximum atomic E-state index is 5.21. The van der Waals surface area contributed by atoms with Crippen molar-refractivity contribution in [2.24, 2.45) is 4.99 Å². The molecule has 2 aromatic rings. The summed E-state index contributed by atoms with van der Waals surface area (Å²) in [5.74, 6) is 2.22. The third kappa shape index (κ3) is 7.74. The SMILES string of the molecule is CN=C(NCCc1ccncc1C)NCCC(C)c1ccc(OC)cc1.I. The summed E-state index contributed by atoms with van der Waals surface area (Å²) in [7, 11) is 3.50. The van der Waals surface area contributed by atoms with E-state index in [4.69, 9.17) is 4.74 Å². The highest BCUT2D eigenvalue weighted by atomic mass is 127. The van der Waals surface area contributed by atoms with Crippen LogP contribution in [-0.4, -0.2) is 38.2 Å². The van der Waals surface area contributed by atoms with Gasteiger partial charge in [-0.3, -0.25) is 9.98 Å². The van der Waals surface area contributed by atoms with Crippen molar-refractivity contribution in [1.29, 1.82) is 0 Å². The second kappa shape index (κ2) is 12.5. The first kappa shape index (κ1) is 23.2. The topological polar surface area (TPSA) is 58.5 Å². The predicted molar refractivity (Wildman–Crippen MR) is 123 cm³/mol. The Bertz CT molecular complexity index is 704. The number of halogens is 1. The highest BCUT2D eigenvalue weighted by Gasteiger charge is 2.06. The second-order valence-corrected chi connectivity index (χ2v) is 6.44. The number of aliphatic imine (C=N–C) groups is 1. The molecule has 0 aliphatic carbocycles. The molecular weight excluding hydrogens is 451 g/mol. The van der Waals surface area contributed by atoms with Gasteiger partial charge < -0.3 is 15.4 Å². The summed E-state index contributed by atoms with van der Waals surface area (Å²) in [5.41, 5.74) is 3.87. The van der Waals surface area contributed by atoms with Crippen molar-refractivity contribution in [3.05, 3.63) is 59.4 Å². The van der Waals surface area contributed by atoms with E-state index in [1.807, 2.05) is 24.5 Å². The molecule has 2 N–H and O–H groups in total. The highest BCUT2D eigenvalue weighted by Crippen LogP contribution is 2.21. The zero-order valence-corrected chi connectivity index (χ0v) is 19.0. The first-order chi connectivity index (χ1) is 12.6. The van der Waals surface area contributed by atoms with Crippen molar-refractivity contribution >= 4 is 29.9 Å². The van der Waals surface area contributed by atoms with Crippen LogP contribution < -0.4 is 15.4 Å². The molecule has 0 amide bonds. The quantitative estimate of drug-likeness (QED) is 0.340. The molecule has 1 atom stereocenters. The van der Waals surface area contributed by atoms with E-state index in [2.05, 4.69) is 52.7 Å². The normalized spacial score (nSPS) is 12.1. The van der Waals surface area contributed by atoms with Gasteiger partial charge in [0.2, 0.25) is 0 Å². The zero-order chi connectivity index (χ0) is 18.8. The van der Waals surface area contributed by atoms with Gasteiger partial charge in [-0.15, -0.1) is 24.0 Å². The lowest BCUT2D eigenvalue weighted by atomic mass is 9.98. The van der Waals surface area contributed by atoms with Crippen molar-refractivity contribution in [2.45, 2.75) is 32.6 Å². The molecule has 0 aliphatic heterocycles. The fourth-order valence-electron chi connectivity index (χ4n) is 2.83. The Hall–Kier alpha value is -1.83. The number of nitrogens with zero attached hydrogens (tertiary/aromatic N) is 2. The number of guanidine groups is 1. The molecule has 1 heterocycles. The third-order valence-corrected chi connectivity index (χ3v) is 4.60. The maximum absolute atomic E-state index is 5.21. The van der Waals surface area contributed by atoms with Gasteiger partial charge in [0.25, 0.3) is 0 Å². The average molecular weight is 482 g/mol. The molecule has 0 aliphatic rings. The molecule has 0 radical (unpaired) electrons. The van der Waals surface area contributed by atoms with Crippen LogP contribution in [0.1, 0.15) is 36.0 Å². The summed E-state index contributed by atoms with van der Waals surface area (Å²) in [5, 5.41) is 6.77. The summed E-state index contributed by atoms with van der Waals surface area (Å²) < 4.78 is 5.21. The Morgan fingerprint density at radius 1 is 1.15 bits per heavy atom. The Labute approximate surface area is 180 Å². The Morgan fingerprint density at radius 3 is 2.48 bits per heavy atom. The largest absolute Gasteiger partial charge is 0.497 e. The molecule has 0 saturated carbocycles. The summed E-state index contributed by atoms with van der Waals surface area (Å²) >= 11 is 0. The Balaban J connectivity index is 0.00000364. The van der Waals surface area contributed by atoms with Crippen LogP contribution in [0.3, 0.4) is 0 Å². The van der Waals surface area contributed by atoms with E-state index >= 15 is 0 Å². The number of methoxy groups -OCH3 is 1. The number of benzene rings is 1. The number of rotatable bonds is 8. The van der Waals surface area contributed by atoms with Gasteiger partial charge in [0.1, 0.15) is 5.75 Å². The lowest BCUT2D eigenvalue weighted by Crippen LogP contribution is -2.39. The molecule has 0 spiro atoms. The van der Waals surface area contributed by atoms with Crippen molar-refractivity contribution in [2.75, 3.05) is 27.2 Å². The highest BCUT2D eigenvalue weighted by molar-refractivity contribution is 14.0. The average Bonchev–Trinajstić information content (AvgIpc) is 2.68. The summed E-state index contributed by atoms with van der Waals surface area (Å²) in [6, 6.07) is 10.4. The zero-order valence-electron chi connectivity index (χ0n) is 16.7. The summed E-state index contributed by atoms with van der Waals surface area (Å²) in [4.78, 5) is 8.43. The first-order valence-corrected chi connectivity index (χ1v) is 9.12.